The van der Waals surface area contributed by atoms with Gasteiger partial charge in [0.25, 0.3) is 5.91 Å². The fourth-order valence-corrected chi connectivity index (χ4v) is 1.78. The molecule has 1 fully saturated rings. The molecule has 0 aromatic carbocycles. The molecule has 1 saturated carbocycles. The summed E-state index contributed by atoms with van der Waals surface area (Å²) in [6, 6.07) is 4.57. The van der Waals surface area contributed by atoms with Gasteiger partial charge in [-0.2, -0.15) is 0 Å². The average Bonchev–Trinajstić information content (AvgIpc) is 3.21. The van der Waals surface area contributed by atoms with E-state index in [0.29, 0.717) is 11.8 Å². The fourth-order valence-electron chi connectivity index (χ4n) is 1.78. The molecule has 1 aliphatic rings. The summed E-state index contributed by atoms with van der Waals surface area (Å²) >= 11 is 0. The van der Waals surface area contributed by atoms with Crippen molar-refractivity contribution in [2.75, 3.05) is 0 Å². The van der Waals surface area contributed by atoms with Crippen LogP contribution in [0.5, 0.6) is 5.75 Å². The van der Waals surface area contributed by atoms with Crippen molar-refractivity contribution >= 4 is 5.91 Å². The lowest BCUT2D eigenvalue weighted by Crippen LogP contribution is -2.40. The van der Waals surface area contributed by atoms with Crippen LogP contribution in [0.15, 0.2) is 18.3 Å². The van der Waals surface area contributed by atoms with Crippen LogP contribution < -0.4 is 15.4 Å². The maximum Gasteiger partial charge on any atom is 0.260 e. The second kappa shape index (κ2) is 6.70. The van der Waals surface area contributed by atoms with Gasteiger partial charge in [-0.25, -0.2) is 0 Å². The first-order valence-electron chi connectivity index (χ1n) is 7.20. The molecule has 1 aliphatic carbocycles. The number of aromatic nitrogens is 1. The van der Waals surface area contributed by atoms with E-state index in [9.17, 15) is 4.79 Å². The number of nitrogens with one attached hydrogen (secondary N) is 2. The van der Waals surface area contributed by atoms with Crippen molar-refractivity contribution in [3.05, 3.63) is 24.0 Å². The molecule has 5 heteroatoms. The van der Waals surface area contributed by atoms with Crippen LogP contribution in [0.25, 0.3) is 0 Å². The summed E-state index contributed by atoms with van der Waals surface area (Å²) in [4.78, 5) is 16.1. The van der Waals surface area contributed by atoms with Gasteiger partial charge in [-0.05, 0) is 45.7 Å². The first-order chi connectivity index (χ1) is 9.54. The van der Waals surface area contributed by atoms with Gasteiger partial charge in [0.05, 0.1) is 11.9 Å². The van der Waals surface area contributed by atoms with Crippen molar-refractivity contribution in [1.82, 2.24) is 15.6 Å². The Morgan fingerprint density at radius 3 is 2.70 bits per heavy atom. The van der Waals surface area contributed by atoms with Crippen LogP contribution in [0, 0.1) is 0 Å². The molecule has 20 heavy (non-hydrogen) atoms. The highest BCUT2D eigenvalue weighted by atomic mass is 16.5. The Morgan fingerprint density at radius 2 is 2.15 bits per heavy atom. The molecule has 1 aromatic heterocycles. The Kier molecular flexibility index (Phi) is 4.95. The maximum absolute atomic E-state index is 11.7. The number of amides is 1. The third-order valence-corrected chi connectivity index (χ3v) is 3.06. The first kappa shape index (κ1) is 14.8. The predicted octanol–water partition coefficient (Wildman–Crippen LogP) is 1.63. The van der Waals surface area contributed by atoms with Crippen LogP contribution in [0.2, 0.25) is 0 Å². The van der Waals surface area contributed by atoms with E-state index in [1.807, 2.05) is 26.0 Å². The number of hydrogen-bond donors (Lipinski definition) is 2. The highest BCUT2D eigenvalue weighted by Gasteiger charge is 2.20. The van der Waals surface area contributed by atoms with Crippen LogP contribution in [0.1, 0.15) is 39.3 Å². The van der Waals surface area contributed by atoms with Gasteiger partial charge < -0.3 is 15.4 Å². The van der Waals surface area contributed by atoms with Gasteiger partial charge >= 0.3 is 0 Å². The molecule has 1 atom stereocenters. The summed E-state index contributed by atoms with van der Waals surface area (Å²) in [5.74, 6) is 0.506. The summed E-state index contributed by atoms with van der Waals surface area (Å²) in [5.41, 5.74) is 0.989. The zero-order valence-corrected chi connectivity index (χ0v) is 12.3. The van der Waals surface area contributed by atoms with Gasteiger partial charge in [-0.3, -0.25) is 9.78 Å². The zero-order chi connectivity index (χ0) is 14.5. The van der Waals surface area contributed by atoms with Gasteiger partial charge in [-0.1, -0.05) is 0 Å². The smallest absolute Gasteiger partial charge is 0.260 e. The van der Waals surface area contributed by atoms with Crippen LogP contribution in [0.3, 0.4) is 0 Å². The summed E-state index contributed by atoms with van der Waals surface area (Å²) < 4.78 is 5.57. The number of pyridine rings is 1. The number of hydrogen-bond acceptors (Lipinski definition) is 4. The lowest BCUT2D eigenvalue weighted by Gasteiger charge is -2.16. The Morgan fingerprint density at radius 1 is 1.40 bits per heavy atom. The van der Waals surface area contributed by atoms with E-state index in [4.69, 9.17) is 4.74 Å². The Labute approximate surface area is 120 Å². The van der Waals surface area contributed by atoms with Gasteiger partial charge in [-0.15, -0.1) is 0 Å². The number of carbonyl (C=O) groups excluding carboxylic acids is 1. The molecule has 2 rings (SSSR count). The summed E-state index contributed by atoms with van der Waals surface area (Å²) in [6.07, 6.45) is 3.69. The maximum atomic E-state index is 11.7. The first-order valence-corrected chi connectivity index (χ1v) is 7.20. The van der Waals surface area contributed by atoms with Gasteiger partial charge in [0.15, 0.2) is 6.10 Å². The quantitative estimate of drug-likeness (QED) is 0.795. The van der Waals surface area contributed by atoms with E-state index < -0.39 is 6.10 Å². The van der Waals surface area contributed by atoms with E-state index >= 15 is 0 Å². The second-order valence-electron chi connectivity index (χ2n) is 5.56. The van der Waals surface area contributed by atoms with Crippen molar-refractivity contribution in [2.24, 2.45) is 0 Å². The highest BCUT2D eigenvalue weighted by Crippen LogP contribution is 2.19. The fraction of sp³-hybridized carbons (Fsp3) is 0.600. The largest absolute Gasteiger partial charge is 0.479 e. The van der Waals surface area contributed by atoms with Gasteiger partial charge in [0.2, 0.25) is 0 Å². The molecule has 0 aliphatic heterocycles. The van der Waals surface area contributed by atoms with E-state index in [2.05, 4.69) is 15.6 Å². The van der Waals surface area contributed by atoms with E-state index in [1.54, 1.807) is 13.1 Å². The van der Waals surface area contributed by atoms with Crippen molar-refractivity contribution in [1.29, 1.82) is 0 Å². The minimum absolute atomic E-state index is 0.112. The molecular formula is C15H23N3O2. The Hall–Kier alpha value is -1.62. The SMILES string of the molecule is CC(C)NC(=O)C(C)Oc1ccc(CNC2CC2)nc1. The molecule has 2 N–H and O–H groups in total. The average molecular weight is 277 g/mol. The third kappa shape index (κ3) is 4.81. The summed E-state index contributed by atoms with van der Waals surface area (Å²) in [6.45, 7) is 6.37. The molecule has 1 aromatic rings. The van der Waals surface area contributed by atoms with E-state index in [-0.39, 0.29) is 11.9 Å². The third-order valence-electron chi connectivity index (χ3n) is 3.06. The zero-order valence-electron chi connectivity index (χ0n) is 12.3. The molecule has 0 bridgehead atoms. The monoisotopic (exact) mass is 277 g/mol. The number of nitrogens with zero attached hydrogens (tertiary/aromatic N) is 1. The molecule has 1 amide bonds. The lowest BCUT2D eigenvalue weighted by atomic mass is 10.3. The predicted molar refractivity (Wildman–Crippen MR) is 77.5 cm³/mol. The van der Waals surface area contributed by atoms with Gasteiger partial charge in [0, 0.05) is 18.6 Å². The van der Waals surface area contributed by atoms with Crippen LogP contribution in [0.4, 0.5) is 0 Å². The number of rotatable bonds is 7. The molecule has 5 nitrogen and oxygen atoms in total. The van der Waals surface area contributed by atoms with Crippen molar-refractivity contribution in [3.8, 4) is 5.75 Å². The second-order valence-corrected chi connectivity index (χ2v) is 5.56. The van der Waals surface area contributed by atoms with Crippen molar-refractivity contribution < 1.29 is 9.53 Å². The molecule has 1 unspecified atom stereocenters. The molecule has 110 valence electrons. The summed E-state index contributed by atoms with van der Waals surface area (Å²) in [7, 11) is 0. The number of carbonyl (C=O) groups is 1. The van der Waals surface area contributed by atoms with Gasteiger partial charge in [0.1, 0.15) is 5.75 Å². The highest BCUT2D eigenvalue weighted by molar-refractivity contribution is 5.80. The normalized spacial score (nSPS) is 16.0. The molecule has 0 radical (unpaired) electrons. The molecular weight excluding hydrogens is 254 g/mol. The topological polar surface area (TPSA) is 63.2 Å². The van der Waals surface area contributed by atoms with E-state index in [1.165, 1.54) is 12.8 Å². The Bertz CT molecular complexity index is 441. The lowest BCUT2D eigenvalue weighted by molar-refractivity contribution is -0.127. The number of ether oxygens (including phenoxy) is 1. The summed E-state index contributed by atoms with van der Waals surface area (Å²) in [5, 5.41) is 6.22. The van der Waals surface area contributed by atoms with Crippen LogP contribution in [-0.4, -0.2) is 29.1 Å². The minimum Gasteiger partial charge on any atom is -0.479 e. The van der Waals surface area contributed by atoms with Crippen LogP contribution in [-0.2, 0) is 11.3 Å². The standard InChI is InChI=1S/C15H23N3O2/c1-10(2)18-15(19)11(3)20-14-7-6-13(17-9-14)8-16-12-4-5-12/h6-7,9-12,16H,4-5,8H2,1-3H3,(H,18,19). The van der Waals surface area contributed by atoms with Crippen molar-refractivity contribution in [2.45, 2.75) is 58.3 Å². The Balaban J connectivity index is 1.81. The molecule has 0 saturated heterocycles. The minimum atomic E-state index is -0.519. The van der Waals surface area contributed by atoms with Crippen molar-refractivity contribution in [3.63, 3.8) is 0 Å². The molecule has 1 heterocycles. The van der Waals surface area contributed by atoms with E-state index in [0.717, 1.165) is 12.2 Å². The molecule has 0 spiro atoms. The van der Waals surface area contributed by atoms with Crippen LogP contribution >= 0.6 is 0 Å².